The van der Waals surface area contributed by atoms with Crippen LogP contribution in [0.25, 0.3) is 10.9 Å². The van der Waals surface area contributed by atoms with Crippen LogP contribution in [0.2, 0.25) is 0 Å². The van der Waals surface area contributed by atoms with Crippen molar-refractivity contribution < 1.29 is 4.79 Å². The Morgan fingerprint density at radius 2 is 1.92 bits per heavy atom. The van der Waals surface area contributed by atoms with E-state index in [1.54, 1.807) is 18.6 Å². The first-order valence-electron chi connectivity index (χ1n) is 8.47. The number of nitrogens with one attached hydrogen (secondary N) is 2. The number of hydrogen-bond acceptors (Lipinski definition) is 3. The largest absolute Gasteiger partial charge is 0.325 e. The summed E-state index contributed by atoms with van der Waals surface area (Å²) in [7, 11) is 0. The maximum atomic E-state index is 13.0. The Labute approximate surface area is 151 Å². The van der Waals surface area contributed by atoms with Gasteiger partial charge in [0.15, 0.2) is 0 Å². The Morgan fingerprint density at radius 3 is 2.73 bits per heavy atom. The third-order valence-corrected chi connectivity index (χ3v) is 4.39. The number of carbonyl (C=O) groups is 1. The summed E-state index contributed by atoms with van der Waals surface area (Å²) < 4.78 is 0. The van der Waals surface area contributed by atoms with Gasteiger partial charge in [-0.15, -0.1) is 0 Å². The van der Waals surface area contributed by atoms with Crippen LogP contribution >= 0.6 is 0 Å². The zero-order valence-corrected chi connectivity index (χ0v) is 14.1. The molecule has 2 heterocycles. The van der Waals surface area contributed by atoms with Gasteiger partial charge in [-0.05, 0) is 41.8 Å². The van der Waals surface area contributed by atoms with E-state index < -0.39 is 0 Å². The molecule has 0 spiro atoms. The van der Waals surface area contributed by atoms with E-state index in [0.29, 0.717) is 6.42 Å². The summed E-state index contributed by atoms with van der Waals surface area (Å²) in [5.74, 6) is -0.336. The summed E-state index contributed by atoms with van der Waals surface area (Å²) in [6.07, 6.45) is 5.90. The predicted octanol–water partition coefficient (Wildman–Crippen LogP) is 3.92. The van der Waals surface area contributed by atoms with Gasteiger partial charge in [0.25, 0.3) is 0 Å². The SMILES string of the molecule is O=C(Nc1ccc2cn[nH]c2c1)C(Cc1cccnc1)c1ccccc1. The lowest BCUT2D eigenvalue weighted by molar-refractivity contribution is -0.117. The standard InChI is InChI=1S/C21H18N4O/c26-21(24-18-9-8-17-14-23-25-20(17)12-18)19(16-6-2-1-3-7-16)11-15-5-4-10-22-13-15/h1-10,12-14,19H,11H2,(H,23,25)(H,24,26). The highest BCUT2D eigenvalue weighted by Gasteiger charge is 2.21. The van der Waals surface area contributed by atoms with Crippen molar-refractivity contribution in [1.29, 1.82) is 0 Å². The molecule has 0 bridgehead atoms. The van der Waals surface area contributed by atoms with Gasteiger partial charge in [0, 0.05) is 23.5 Å². The predicted molar refractivity (Wildman–Crippen MR) is 102 cm³/mol. The number of H-pyrrole nitrogens is 1. The maximum absolute atomic E-state index is 13.0. The van der Waals surface area contributed by atoms with E-state index in [9.17, 15) is 4.79 Å². The van der Waals surface area contributed by atoms with E-state index in [2.05, 4.69) is 20.5 Å². The molecule has 1 atom stereocenters. The quantitative estimate of drug-likeness (QED) is 0.577. The summed E-state index contributed by atoms with van der Waals surface area (Å²) in [5.41, 5.74) is 3.65. The fourth-order valence-corrected chi connectivity index (χ4v) is 3.05. The number of benzene rings is 2. The van der Waals surface area contributed by atoms with Gasteiger partial charge in [-0.1, -0.05) is 36.4 Å². The summed E-state index contributed by atoms with van der Waals surface area (Å²) in [5, 5.41) is 11.0. The summed E-state index contributed by atoms with van der Waals surface area (Å²) in [4.78, 5) is 17.2. The lowest BCUT2D eigenvalue weighted by Gasteiger charge is -2.17. The fraction of sp³-hybridized carbons (Fsp3) is 0.0952. The molecule has 4 rings (SSSR count). The Hall–Kier alpha value is -3.47. The number of nitrogens with zero attached hydrogens (tertiary/aromatic N) is 2. The average molecular weight is 342 g/mol. The van der Waals surface area contributed by atoms with Crippen LogP contribution in [0.4, 0.5) is 5.69 Å². The van der Waals surface area contributed by atoms with E-state index in [1.807, 2.05) is 60.7 Å². The number of carbonyl (C=O) groups excluding carboxylic acids is 1. The number of aromatic nitrogens is 3. The zero-order valence-electron chi connectivity index (χ0n) is 14.1. The van der Waals surface area contributed by atoms with E-state index in [-0.39, 0.29) is 11.8 Å². The Morgan fingerprint density at radius 1 is 1.04 bits per heavy atom. The Balaban J connectivity index is 1.60. The molecule has 0 radical (unpaired) electrons. The van der Waals surface area contributed by atoms with Crippen molar-refractivity contribution in [1.82, 2.24) is 15.2 Å². The molecule has 2 aromatic carbocycles. The molecule has 128 valence electrons. The normalized spacial score (nSPS) is 12.0. The van der Waals surface area contributed by atoms with Crippen molar-refractivity contribution in [2.24, 2.45) is 0 Å². The summed E-state index contributed by atoms with van der Waals surface area (Å²) in [6.45, 7) is 0. The van der Waals surface area contributed by atoms with Crippen LogP contribution in [0, 0.1) is 0 Å². The van der Waals surface area contributed by atoms with Crippen LogP contribution in [0.15, 0.2) is 79.3 Å². The molecule has 0 aliphatic heterocycles. The lowest BCUT2D eigenvalue weighted by Crippen LogP contribution is -2.23. The molecule has 26 heavy (non-hydrogen) atoms. The van der Waals surface area contributed by atoms with E-state index in [4.69, 9.17) is 0 Å². The van der Waals surface area contributed by atoms with Gasteiger partial charge in [0.05, 0.1) is 17.6 Å². The fourth-order valence-electron chi connectivity index (χ4n) is 3.05. The van der Waals surface area contributed by atoms with Gasteiger partial charge in [0.1, 0.15) is 0 Å². The Bertz CT molecular complexity index is 1010. The van der Waals surface area contributed by atoms with Crippen LogP contribution in [0.5, 0.6) is 0 Å². The second-order valence-corrected chi connectivity index (χ2v) is 6.19. The molecule has 0 saturated heterocycles. The monoisotopic (exact) mass is 342 g/mol. The highest BCUT2D eigenvalue weighted by atomic mass is 16.1. The van der Waals surface area contributed by atoms with Crippen LogP contribution in [0.3, 0.4) is 0 Å². The number of aromatic amines is 1. The molecule has 5 heteroatoms. The third-order valence-electron chi connectivity index (χ3n) is 4.39. The number of rotatable bonds is 5. The minimum atomic E-state index is -0.294. The molecule has 5 nitrogen and oxygen atoms in total. The number of fused-ring (bicyclic) bond motifs is 1. The topological polar surface area (TPSA) is 70.7 Å². The molecule has 0 aliphatic carbocycles. The molecular formula is C21H18N4O. The third kappa shape index (κ3) is 3.47. The highest BCUT2D eigenvalue weighted by Crippen LogP contribution is 2.24. The minimum absolute atomic E-state index is 0.0427. The van der Waals surface area contributed by atoms with E-state index in [0.717, 1.165) is 27.7 Å². The van der Waals surface area contributed by atoms with Crippen molar-refractivity contribution in [3.8, 4) is 0 Å². The average Bonchev–Trinajstić information content (AvgIpc) is 3.15. The van der Waals surface area contributed by atoms with Crippen LogP contribution in [-0.2, 0) is 11.2 Å². The zero-order chi connectivity index (χ0) is 17.8. The molecule has 0 saturated carbocycles. The van der Waals surface area contributed by atoms with E-state index >= 15 is 0 Å². The van der Waals surface area contributed by atoms with Crippen LogP contribution in [0.1, 0.15) is 17.0 Å². The van der Waals surface area contributed by atoms with Crippen molar-refractivity contribution in [3.63, 3.8) is 0 Å². The first-order valence-corrected chi connectivity index (χ1v) is 8.47. The first-order chi connectivity index (χ1) is 12.8. The molecule has 1 unspecified atom stereocenters. The minimum Gasteiger partial charge on any atom is -0.325 e. The smallest absolute Gasteiger partial charge is 0.232 e. The summed E-state index contributed by atoms with van der Waals surface area (Å²) >= 11 is 0. The van der Waals surface area contributed by atoms with Gasteiger partial charge in [0.2, 0.25) is 5.91 Å². The van der Waals surface area contributed by atoms with Crippen molar-refractivity contribution in [2.75, 3.05) is 5.32 Å². The first kappa shape index (κ1) is 16.0. The molecule has 0 fully saturated rings. The molecule has 0 aliphatic rings. The molecular weight excluding hydrogens is 324 g/mol. The number of pyridine rings is 1. The molecule has 1 amide bonds. The second kappa shape index (κ2) is 7.19. The van der Waals surface area contributed by atoms with Gasteiger partial charge in [-0.3, -0.25) is 14.9 Å². The second-order valence-electron chi connectivity index (χ2n) is 6.19. The Kier molecular flexibility index (Phi) is 4.43. The maximum Gasteiger partial charge on any atom is 0.232 e. The molecule has 4 aromatic rings. The van der Waals surface area contributed by atoms with Crippen molar-refractivity contribution in [3.05, 3.63) is 90.4 Å². The molecule has 2 N–H and O–H groups in total. The number of anilines is 1. The van der Waals surface area contributed by atoms with Gasteiger partial charge < -0.3 is 5.32 Å². The number of hydrogen-bond donors (Lipinski definition) is 2. The van der Waals surface area contributed by atoms with E-state index in [1.165, 1.54) is 0 Å². The van der Waals surface area contributed by atoms with Gasteiger partial charge in [-0.25, -0.2) is 0 Å². The summed E-state index contributed by atoms with van der Waals surface area (Å²) in [6, 6.07) is 19.4. The number of amides is 1. The van der Waals surface area contributed by atoms with Crippen molar-refractivity contribution >= 4 is 22.5 Å². The van der Waals surface area contributed by atoms with Crippen molar-refractivity contribution in [2.45, 2.75) is 12.3 Å². The van der Waals surface area contributed by atoms with Crippen LogP contribution < -0.4 is 5.32 Å². The van der Waals surface area contributed by atoms with Gasteiger partial charge >= 0.3 is 0 Å². The van der Waals surface area contributed by atoms with Gasteiger partial charge in [-0.2, -0.15) is 5.10 Å². The van der Waals surface area contributed by atoms with Crippen LogP contribution in [-0.4, -0.2) is 21.1 Å². The highest BCUT2D eigenvalue weighted by molar-refractivity contribution is 5.97. The lowest BCUT2D eigenvalue weighted by atomic mass is 9.91. The molecule has 2 aromatic heterocycles.